The van der Waals surface area contributed by atoms with Crippen LogP contribution in [0.4, 0.5) is 24.5 Å². The molecule has 3 rings (SSSR count). The summed E-state index contributed by atoms with van der Waals surface area (Å²) in [7, 11) is 0. The molecule has 1 saturated heterocycles. The molecular formula is C20H15Cl2F3N2O4. The number of nitrogens with one attached hydrogen (secondary N) is 1. The molecule has 1 aliphatic rings. The summed E-state index contributed by atoms with van der Waals surface area (Å²) in [4.78, 5) is 37.8. The Bertz CT molecular complexity index is 1030. The lowest BCUT2D eigenvalue weighted by Crippen LogP contribution is -2.28. The van der Waals surface area contributed by atoms with Crippen molar-refractivity contribution in [2.24, 2.45) is 5.92 Å². The van der Waals surface area contributed by atoms with Gasteiger partial charge in [-0.2, -0.15) is 13.2 Å². The highest BCUT2D eigenvalue weighted by molar-refractivity contribution is 6.35. The van der Waals surface area contributed by atoms with Crippen molar-refractivity contribution in [2.75, 3.05) is 23.4 Å². The number of alkyl halides is 3. The number of anilines is 2. The number of ether oxygens (including phenoxy) is 1. The van der Waals surface area contributed by atoms with E-state index in [-0.39, 0.29) is 29.6 Å². The first kappa shape index (κ1) is 22.9. The Labute approximate surface area is 184 Å². The average molecular weight is 475 g/mol. The molecule has 0 bridgehead atoms. The van der Waals surface area contributed by atoms with Gasteiger partial charge in [0.1, 0.15) is 0 Å². The number of esters is 1. The van der Waals surface area contributed by atoms with Crippen molar-refractivity contribution in [2.45, 2.75) is 12.6 Å². The quantitative estimate of drug-likeness (QED) is 0.645. The fraction of sp³-hybridized carbons (Fsp3) is 0.250. The van der Waals surface area contributed by atoms with E-state index in [9.17, 15) is 27.6 Å². The summed E-state index contributed by atoms with van der Waals surface area (Å²) in [6.45, 7) is -0.718. The molecule has 2 aromatic rings. The maximum atomic E-state index is 12.7. The first-order valence-corrected chi connectivity index (χ1v) is 9.69. The average Bonchev–Trinajstić information content (AvgIpc) is 3.09. The molecule has 11 heteroatoms. The van der Waals surface area contributed by atoms with Gasteiger partial charge in [-0.25, -0.2) is 0 Å². The predicted molar refractivity (Wildman–Crippen MR) is 108 cm³/mol. The van der Waals surface area contributed by atoms with Crippen molar-refractivity contribution < 1.29 is 32.3 Å². The number of halogens is 5. The van der Waals surface area contributed by atoms with Gasteiger partial charge in [-0.15, -0.1) is 0 Å². The van der Waals surface area contributed by atoms with Gasteiger partial charge < -0.3 is 15.0 Å². The van der Waals surface area contributed by atoms with Gasteiger partial charge in [0, 0.05) is 23.7 Å². The number of amides is 2. The Hall–Kier alpha value is -2.78. The lowest BCUT2D eigenvalue weighted by atomic mass is 10.1. The van der Waals surface area contributed by atoms with Crippen LogP contribution >= 0.6 is 23.2 Å². The molecule has 1 N–H and O–H groups in total. The topological polar surface area (TPSA) is 75.7 Å². The second kappa shape index (κ2) is 9.15. The van der Waals surface area contributed by atoms with Crippen molar-refractivity contribution in [1.82, 2.24) is 0 Å². The molecule has 6 nitrogen and oxygen atoms in total. The molecule has 1 aliphatic heterocycles. The van der Waals surface area contributed by atoms with E-state index in [1.807, 2.05) is 0 Å². The van der Waals surface area contributed by atoms with E-state index < -0.39 is 36.1 Å². The van der Waals surface area contributed by atoms with Gasteiger partial charge in [-0.3, -0.25) is 14.4 Å². The second-order valence-electron chi connectivity index (χ2n) is 6.74. The Morgan fingerprint density at radius 1 is 1.16 bits per heavy atom. The third kappa shape index (κ3) is 5.68. The molecule has 164 valence electrons. The number of carbonyl (C=O) groups excluding carboxylic acids is 3. The first-order chi connectivity index (χ1) is 14.5. The lowest BCUT2D eigenvalue weighted by Gasteiger charge is -2.18. The smallest absolute Gasteiger partial charge is 0.416 e. The molecule has 2 amide bonds. The van der Waals surface area contributed by atoms with Gasteiger partial charge >= 0.3 is 12.1 Å². The molecule has 0 spiro atoms. The number of benzene rings is 2. The van der Waals surface area contributed by atoms with Crippen molar-refractivity contribution in [3.63, 3.8) is 0 Å². The fourth-order valence-electron chi connectivity index (χ4n) is 3.02. The fourth-order valence-corrected chi connectivity index (χ4v) is 3.40. The van der Waals surface area contributed by atoms with Crippen LogP contribution in [0.15, 0.2) is 42.5 Å². The highest BCUT2D eigenvalue weighted by Gasteiger charge is 2.37. The van der Waals surface area contributed by atoms with Gasteiger partial charge in [0.25, 0.3) is 5.91 Å². The predicted octanol–water partition coefficient (Wildman–Crippen LogP) is 4.55. The second-order valence-corrected chi connectivity index (χ2v) is 7.58. The molecule has 0 unspecified atom stereocenters. The van der Waals surface area contributed by atoms with Crippen molar-refractivity contribution in [1.29, 1.82) is 0 Å². The molecule has 31 heavy (non-hydrogen) atoms. The van der Waals surface area contributed by atoms with Crippen LogP contribution in [0.25, 0.3) is 0 Å². The zero-order chi connectivity index (χ0) is 22.8. The maximum Gasteiger partial charge on any atom is 0.416 e. The van der Waals surface area contributed by atoms with Crippen LogP contribution in [0.2, 0.25) is 10.0 Å². The molecule has 0 saturated carbocycles. The Morgan fingerprint density at radius 3 is 2.61 bits per heavy atom. The zero-order valence-corrected chi connectivity index (χ0v) is 17.2. The van der Waals surface area contributed by atoms with E-state index in [1.54, 1.807) is 6.07 Å². The molecule has 2 aromatic carbocycles. The highest BCUT2D eigenvalue weighted by Crippen LogP contribution is 2.34. The summed E-state index contributed by atoms with van der Waals surface area (Å²) in [5, 5.41) is 2.88. The minimum Gasteiger partial charge on any atom is -0.455 e. The molecule has 1 fully saturated rings. The summed E-state index contributed by atoms with van der Waals surface area (Å²) in [6.07, 6.45) is -4.70. The van der Waals surface area contributed by atoms with Gasteiger partial charge in [0.15, 0.2) is 6.61 Å². The monoisotopic (exact) mass is 474 g/mol. The summed E-state index contributed by atoms with van der Waals surface area (Å²) in [6, 6.07) is 8.63. The Morgan fingerprint density at radius 2 is 1.90 bits per heavy atom. The number of carbonyl (C=O) groups is 3. The van der Waals surface area contributed by atoms with Crippen LogP contribution < -0.4 is 10.2 Å². The van der Waals surface area contributed by atoms with E-state index in [0.29, 0.717) is 10.7 Å². The molecule has 0 radical (unpaired) electrons. The van der Waals surface area contributed by atoms with E-state index in [4.69, 9.17) is 27.9 Å². The standard InChI is InChI=1S/C20H15Cl2F3N2O4/c21-13-4-5-15(22)16(8-13)27-9-11(6-18(27)29)19(30)31-10-17(28)26-14-3-1-2-12(7-14)20(23,24)25/h1-5,7-8,11H,6,9-10H2,(H,26,28)/t11-/m0/s1. The molecular weight excluding hydrogens is 460 g/mol. The van der Waals surface area contributed by atoms with E-state index in [1.165, 1.54) is 23.1 Å². The summed E-state index contributed by atoms with van der Waals surface area (Å²) in [5.41, 5.74) is -0.656. The third-order valence-electron chi connectivity index (χ3n) is 4.48. The largest absolute Gasteiger partial charge is 0.455 e. The van der Waals surface area contributed by atoms with Crippen molar-refractivity contribution in [3.05, 3.63) is 58.1 Å². The summed E-state index contributed by atoms with van der Waals surface area (Å²) >= 11 is 12.0. The van der Waals surface area contributed by atoms with Gasteiger partial charge in [0.05, 0.1) is 22.2 Å². The zero-order valence-electron chi connectivity index (χ0n) is 15.7. The lowest BCUT2D eigenvalue weighted by molar-refractivity contribution is -0.151. The highest BCUT2D eigenvalue weighted by atomic mass is 35.5. The normalized spacial score (nSPS) is 16.4. The summed E-state index contributed by atoms with van der Waals surface area (Å²) < 4.78 is 43.1. The summed E-state index contributed by atoms with van der Waals surface area (Å²) in [5.74, 6) is -2.79. The van der Waals surface area contributed by atoms with Gasteiger partial charge in [-0.05, 0) is 36.4 Å². The van der Waals surface area contributed by atoms with Gasteiger partial charge in [-0.1, -0.05) is 29.3 Å². The van der Waals surface area contributed by atoms with E-state index in [0.717, 1.165) is 18.2 Å². The SMILES string of the molecule is O=C(COC(=O)[C@H]1CC(=O)N(c2cc(Cl)ccc2Cl)C1)Nc1cccc(C(F)(F)F)c1. The minimum atomic E-state index is -4.56. The van der Waals surface area contributed by atoms with Crippen LogP contribution in [0.1, 0.15) is 12.0 Å². The van der Waals surface area contributed by atoms with Crippen LogP contribution in [-0.4, -0.2) is 30.9 Å². The first-order valence-electron chi connectivity index (χ1n) is 8.94. The molecule has 1 atom stereocenters. The Balaban J connectivity index is 1.56. The van der Waals surface area contributed by atoms with Gasteiger partial charge in [0.2, 0.25) is 5.91 Å². The maximum absolute atomic E-state index is 12.7. The number of rotatable bonds is 5. The third-order valence-corrected chi connectivity index (χ3v) is 5.03. The molecule has 1 heterocycles. The molecule has 0 aliphatic carbocycles. The van der Waals surface area contributed by atoms with Crippen LogP contribution in [0, 0.1) is 5.92 Å². The van der Waals surface area contributed by atoms with E-state index in [2.05, 4.69) is 5.32 Å². The number of nitrogens with zero attached hydrogens (tertiary/aromatic N) is 1. The Kier molecular flexibility index (Phi) is 6.76. The van der Waals surface area contributed by atoms with Crippen molar-refractivity contribution >= 4 is 52.4 Å². The minimum absolute atomic E-state index is 0.00697. The van der Waals surface area contributed by atoms with Crippen molar-refractivity contribution in [3.8, 4) is 0 Å². The van der Waals surface area contributed by atoms with E-state index >= 15 is 0 Å². The van der Waals surface area contributed by atoms with Crippen LogP contribution in [0.3, 0.4) is 0 Å². The number of hydrogen-bond donors (Lipinski definition) is 1. The van der Waals surface area contributed by atoms with Crippen LogP contribution in [-0.2, 0) is 25.3 Å². The molecule has 0 aromatic heterocycles. The number of hydrogen-bond acceptors (Lipinski definition) is 4. The van der Waals surface area contributed by atoms with Crippen LogP contribution in [0.5, 0.6) is 0 Å².